The first kappa shape index (κ1) is 36.6. The molecule has 6 aromatic carbocycles. The lowest BCUT2D eigenvalue weighted by atomic mass is 9.84. The summed E-state index contributed by atoms with van der Waals surface area (Å²) >= 11 is 0. The summed E-state index contributed by atoms with van der Waals surface area (Å²) in [6, 6.07) is 53.3. The second kappa shape index (κ2) is 16.0. The summed E-state index contributed by atoms with van der Waals surface area (Å²) in [5, 5.41) is 0. The number of halogens is 1. The van der Waals surface area contributed by atoms with E-state index < -0.39 is 0 Å². The molecule has 4 atom stereocenters. The Kier molecular flexibility index (Phi) is 11.3. The zero-order valence-electron chi connectivity index (χ0n) is 31.2. The maximum atomic E-state index is 2.40. The van der Waals surface area contributed by atoms with Gasteiger partial charge in [-0.25, -0.2) is 9.13 Å². The van der Waals surface area contributed by atoms with Gasteiger partial charge in [-0.2, -0.15) is 0 Å². The van der Waals surface area contributed by atoms with Crippen molar-refractivity contribution in [2.24, 2.45) is 0 Å². The van der Waals surface area contributed by atoms with Crippen LogP contribution in [0.3, 0.4) is 0 Å². The van der Waals surface area contributed by atoms with Crippen molar-refractivity contribution in [3.63, 3.8) is 0 Å². The fourth-order valence-electron chi connectivity index (χ4n) is 7.89. The summed E-state index contributed by atoms with van der Waals surface area (Å²) < 4.78 is 4.77. The Morgan fingerprint density at radius 1 is 0.442 bits per heavy atom. The number of benzene rings is 6. The molecule has 0 N–H and O–H groups in total. The molecule has 1 heterocycles. The fourth-order valence-corrected chi connectivity index (χ4v) is 7.89. The SMILES string of the molecule is Cc1cc([C@@H](C)c2ccccc2)c(-n2cc[n+](-c3c([C@@H](C)c4ccccc4)cc(C)cc3[C@@H](C)c3ccccc3)c2)c([C@@H](C)c2ccccc2)c1.[Cl-]. The van der Waals surface area contributed by atoms with E-state index in [1.165, 1.54) is 67.0 Å². The minimum Gasteiger partial charge on any atom is -1.00 e. The predicted molar refractivity (Wildman–Crippen MR) is 213 cm³/mol. The summed E-state index contributed by atoms with van der Waals surface area (Å²) in [6.07, 6.45) is 6.85. The van der Waals surface area contributed by atoms with Crippen LogP contribution in [0.2, 0.25) is 0 Å². The van der Waals surface area contributed by atoms with Crippen molar-refractivity contribution in [1.29, 1.82) is 0 Å². The zero-order valence-corrected chi connectivity index (χ0v) is 31.9. The largest absolute Gasteiger partial charge is 1.00 e. The monoisotopic (exact) mass is 700 g/mol. The lowest BCUT2D eigenvalue weighted by molar-refractivity contribution is -0.596. The molecule has 7 rings (SSSR count). The van der Waals surface area contributed by atoms with Gasteiger partial charge in [0, 0.05) is 45.9 Å². The molecule has 0 spiro atoms. The van der Waals surface area contributed by atoms with Gasteiger partial charge in [0.2, 0.25) is 0 Å². The minimum absolute atomic E-state index is 0. The van der Waals surface area contributed by atoms with Crippen molar-refractivity contribution in [3.05, 3.63) is 220 Å². The molecule has 0 saturated carbocycles. The van der Waals surface area contributed by atoms with Gasteiger partial charge in [-0.1, -0.05) is 184 Å². The van der Waals surface area contributed by atoms with Crippen LogP contribution in [0.5, 0.6) is 0 Å². The number of hydrogen-bond acceptors (Lipinski definition) is 0. The van der Waals surface area contributed by atoms with Crippen LogP contribution in [-0.2, 0) is 0 Å². The average molecular weight is 701 g/mol. The summed E-state index contributed by atoms with van der Waals surface area (Å²) in [5.74, 6) is 0.835. The Morgan fingerprint density at radius 2 is 0.750 bits per heavy atom. The van der Waals surface area contributed by atoms with E-state index in [4.69, 9.17) is 0 Å². The third kappa shape index (κ3) is 7.40. The number of hydrogen-bond donors (Lipinski definition) is 0. The summed E-state index contributed by atoms with van der Waals surface area (Å²) in [6.45, 7) is 13.9. The Hall–Kier alpha value is -5.18. The predicted octanol–water partition coefficient (Wildman–Crippen LogP) is 8.98. The molecule has 0 aliphatic rings. The van der Waals surface area contributed by atoms with Crippen LogP contribution in [0, 0.1) is 13.8 Å². The number of aromatic nitrogens is 2. The summed E-state index contributed by atoms with van der Waals surface area (Å²) in [4.78, 5) is 0. The highest BCUT2D eigenvalue weighted by atomic mass is 35.5. The Bertz CT molecular complexity index is 1930. The van der Waals surface area contributed by atoms with Gasteiger partial charge in [-0.3, -0.25) is 0 Å². The maximum absolute atomic E-state index is 2.40. The first-order chi connectivity index (χ1) is 24.8. The summed E-state index contributed by atoms with van der Waals surface area (Å²) in [7, 11) is 0. The molecule has 0 bridgehead atoms. The molecule has 0 unspecified atom stereocenters. The molecule has 2 nitrogen and oxygen atoms in total. The second-order valence-electron chi connectivity index (χ2n) is 14.3. The van der Waals surface area contributed by atoms with Gasteiger partial charge < -0.3 is 12.4 Å². The normalized spacial score (nSPS) is 13.5. The number of rotatable bonds is 10. The van der Waals surface area contributed by atoms with E-state index in [1.54, 1.807) is 0 Å². The lowest BCUT2D eigenvalue weighted by Gasteiger charge is -2.23. The van der Waals surface area contributed by atoms with Crippen LogP contribution < -0.4 is 17.0 Å². The molecule has 0 fully saturated rings. The van der Waals surface area contributed by atoms with E-state index >= 15 is 0 Å². The van der Waals surface area contributed by atoms with E-state index in [0.29, 0.717) is 0 Å². The molecule has 0 radical (unpaired) electrons. The van der Waals surface area contributed by atoms with Crippen molar-refractivity contribution in [1.82, 2.24) is 4.57 Å². The van der Waals surface area contributed by atoms with Crippen LogP contribution in [0.25, 0.3) is 11.4 Å². The fraction of sp³-hybridized carbons (Fsp3) is 0.204. The molecular weight excluding hydrogens is 652 g/mol. The van der Waals surface area contributed by atoms with Gasteiger partial charge >= 0.3 is 0 Å². The molecule has 52 heavy (non-hydrogen) atoms. The first-order valence-electron chi connectivity index (χ1n) is 18.4. The van der Waals surface area contributed by atoms with E-state index in [-0.39, 0.29) is 36.1 Å². The van der Waals surface area contributed by atoms with Gasteiger partial charge in [0.05, 0.1) is 0 Å². The lowest BCUT2D eigenvalue weighted by Crippen LogP contribution is -3.00. The minimum atomic E-state index is 0. The topological polar surface area (TPSA) is 8.81 Å². The molecule has 1 aromatic heterocycles. The van der Waals surface area contributed by atoms with Crippen LogP contribution in [0.1, 0.15) is 107 Å². The van der Waals surface area contributed by atoms with Crippen molar-refractivity contribution >= 4 is 0 Å². The Morgan fingerprint density at radius 3 is 1.10 bits per heavy atom. The van der Waals surface area contributed by atoms with Crippen LogP contribution in [0.15, 0.2) is 164 Å². The zero-order chi connectivity index (χ0) is 35.5. The smallest absolute Gasteiger partial charge is 0.254 e. The van der Waals surface area contributed by atoms with Crippen LogP contribution >= 0.6 is 0 Å². The van der Waals surface area contributed by atoms with Crippen molar-refractivity contribution in [3.8, 4) is 11.4 Å². The third-order valence-corrected chi connectivity index (χ3v) is 10.8. The Labute approximate surface area is 316 Å². The standard InChI is InChI=1S/C49H49N2.ClH/c1-34-29-44(36(3)40-19-11-7-12-20-40)48(45(30-34)37(4)41-21-13-8-14-22-41)50-27-28-51(33-50)49-46(38(5)42-23-15-9-16-24-42)31-35(2)32-47(49)39(6)43-25-17-10-18-26-43;/h7-33,36-39H,1-6H3;1H/q+1;/p-1/t36-,37-,38-,39-;/m0./s1. The highest BCUT2D eigenvalue weighted by Crippen LogP contribution is 2.39. The van der Waals surface area contributed by atoms with E-state index in [9.17, 15) is 0 Å². The van der Waals surface area contributed by atoms with E-state index in [1.807, 2.05) is 0 Å². The second-order valence-corrected chi connectivity index (χ2v) is 14.3. The van der Waals surface area contributed by atoms with Gasteiger partial charge in [-0.15, -0.1) is 0 Å². The molecule has 0 aliphatic heterocycles. The molecule has 0 amide bonds. The maximum Gasteiger partial charge on any atom is 0.254 e. The van der Waals surface area contributed by atoms with Crippen molar-refractivity contribution in [2.45, 2.75) is 65.2 Å². The number of imidazole rings is 1. The van der Waals surface area contributed by atoms with Crippen LogP contribution in [0.4, 0.5) is 0 Å². The van der Waals surface area contributed by atoms with Gasteiger partial charge in [0.25, 0.3) is 6.33 Å². The van der Waals surface area contributed by atoms with Crippen molar-refractivity contribution in [2.75, 3.05) is 0 Å². The van der Waals surface area contributed by atoms with Gasteiger partial charge in [0.15, 0.2) is 0 Å². The van der Waals surface area contributed by atoms with Crippen molar-refractivity contribution < 1.29 is 17.0 Å². The van der Waals surface area contributed by atoms with Gasteiger partial charge in [-0.05, 0) is 36.1 Å². The highest BCUT2D eigenvalue weighted by molar-refractivity contribution is 5.58. The molecule has 0 saturated heterocycles. The molecule has 3 heteroatoms. The Balaban J connectivity index is 0.00000464. The number of nitrogens with zero attached hydrogens (tertiary/aromatic N) is 2. The van der Waals surface area contributed by atoms with E-state index in [0.717, 1.165) is 0 Å². The third-order valence-electron chi connectivity index (χ3n) is 10.8. The van der Waals surface area contributed by atoms with E-state index in [2.05, 4.69) is 215 Å². The first-order valence-corrected chi connectivity index (χ1v) is 18.4. The molecule has 7 aromatic rings. The quantitative estimate of drug-likeness (QED) is 0.126. The molecular formula is C49H49ClN2. The highest BCUT2D eigenvalue weighted by Gasteiger charge is 2.29. The molecule has 0 aliphatic carbocycles. The summed E-state index contributed by atoms with van der Waals surface area (Å²) in [5.41, 5.74) is 15.7. The van der Waals surface area contributed by atoms with Gasteiger partial charge in [0.1, 0.15) is 23.8 Å². The average Bonchev–Trinajstić information content (AvgIpc) is 3.66. The number of aryl methyl sites for hydroxylation is 2. The molecule has 262 valence electrons. The van der Waals surface area contributed by atoms with Crippen LogP contribution in [-0.4, -0.2) is 4.57 Å².